The van der Waals surface area contributed by atoms with Crippen molar-refractivity contribution in [2.24, 2.45) is 5.10 Å². The molecule has 0 spiro atoms. The van der Waals surface area contributed by atoms with Gasteiger partial charge in [0, 0.05) is 11.1 Å². The van der Waals surface area contributed by atoms with Gasteiger partial charge in [-0.15, -0.1) is 0 Å². The Kier molecular flexibility index (Phi) is 4.83. The fourth-order valence-corrected chi connectivity index (χ4v) is 3.12. The number of hydrazone groups is 1. The van der Waals surface area contributed by atoms with Gasteiger partial charge in [0.05, 0.1) is 11.9 Å². The fraction of sp³-hybridized carbons (Fsp3) is 0.0870. The first-order valence-corrected chi connectivity index (χ1v) is 9.20. The van der Waals surface area contributed by atoms with Crippen molar-refractivity contribution in [1.82, 2.24) is 15.6 Å². The van der Waals surface area contributed by atoms with Crippen LogP contribution >= 0.6 is 0 Å². The molecule has 6 heteroatoms. The van der Waals surface area contributed by atoms with E-state index in [1.165, 1.54) is 11.8 Å². The zero-order valence-electron chi connectivity index (χ0n) is 16.1. The van der Waals surface area contributed by atoms with E-state index in [0.29, 0.717) is 17.0 Å². The van der Waals surface area contributed by atoms with Crippen LogP contribution in [-0.4, -0.2) is 27.4 Å². The summed E-state index contributed by atoms with van der Waals surface area (Å²) < 4.78 is 0. The molecule has 0 saturated heterocycles. The molecule has 144 valence electrons. The van der Waals surface area contributed by atoms with Gasteiger partial charge in [-0.05, 0) is 53.9 Å². The second-order valence-electron chi connectivity index (χ2n) is 6.88. The molecule has 0 radical (unpaired) electrons. The van der Waals surface area contributed by atoms with E-state index in [1.807, 2.05) is 62.4 Å². The lowest BCUT2D eigenvalue weighted by molar-refractivity contribution is 0.0950. The number of amides is 1. The Balaban J connectivity index is 1.52. The molecular weight excluding hydrogens is 364 g/mol. The van der Waals surface area contributed by atoms with Crippen LogP contribution in [0.2, 0.25) is 0 Å². The van der Waals surface area contributed by atoms with Crippen molar-refractivity contribution in [1.29, 1.82) is 0 Å². The van der Waals surface area contributed by atoms with Crippen molar-refractivity contribution in [3.05, 3.63) is 83.0 Å². The van der Waals surface area contributed by atoms with Crippen LogP contribution in [-0.2, 0) is 0 Å². The highest BCUT2D eigenvalue weighted by molar-refractivity contribution is 6.03. The lowest BCUT2D eigenvalue weighted by atomic mass is 10.0. The molecule has 0 aliphatic carbocycles. The summed E-state index contributed by atoms with van der Waals surface area (Å²) in [7, 11) is 0. The molecule has 1 amide bonds. The molecule has 6 nitrogen and oxygen atoms in total. The number of hydrogen-bond donors (Lipinski definition) is 3. The van der Waals surface area contributed by atoms with Gasteiger partial charge in [-0.25, -0.2) is 5.43 Å². The highest BCUT2D eigenvalue weighted by Gasteiger charge is 2.11. The predicted octanol–water partition coefficient (Wildman–Crippen LogP) is 4.32. The number of nitrogens with zero attached hydrogens (tertiary/aromatic N) is 2. The molecule has 1 heterocycles. The van der Waals surface area contributed by atoms with E-state index < -0.39 is 5.91 Å². The SMILES string of the molecule is Cc1ccc(-c2cc(C(=O)NN=Cc3c(O)ccc4ccccc34)[nH]n2)cc1C. The summed E-state index contributed by atoms with van der Waals surface area (Å²) in [5.74, 6) is -0.316. The number of aryl methyl sites for hydroxylation is 2. The quantitative estimate of drug-likeness (QED) is 0.362. The van der Waals surface area contributed by atoms with Crippen LogP contribution in [0.1, 0.15) is 27.2 Å². The molecule has 3 aromatic carbocycles. The Morgan fingerprint density at radius 2 is 1.90 bits per heavy atom. The largest absolute Gasteiger partial charge is 0.507 e. The van der Waals surface area contributed by atoms with Crippen molar-refractivity contribution < 1.29 is 9.90 Å². The number of aromatic hydroxyl groups is 1. The van der Waals surface area contributed by atoms with Crippen LogP contribution in [0, 0.1) is 13.8 Å². The first-order valence-electron chi connectivity index (χ1n) is 9.20. The molecule has 0 unspecified atom stereocenters. The number of carbonyl (C=O) groups is 1. The molecule has 3 N–H and O–H groups in total. The molecule has 0 aliphatic rings. The first kappa shape index (κ1) is 18.4. The van der Waals surface area contributed by atoms with Gasteiger partial charge in [0.2, 0.25) is 0 Å². The van der Waals surface area contributed by atoms with Gasteiger partial charge in [-0.1, -0.05) is 42.5 Å². The third kappa shape index (κ3) is 3.73. The second-order valence-corrected chi connectivity index (χ2v) is 6.88. The number of benzene rings is 3. The third-order valence-corrected chi connectivity index (χ3v) is 4.93. The van der Waals surface area contributed by atoms with Gasteiger partial charge in [-0.3, -0.25) is 9.89 Å². The maximum absolute atomic E-state index is 12.4. The van der Waals surface area contributed by atoms with Gasteiger partial charge in [0.1, 0.15) is 11.4 Å². The van der Waals surface area contributed by atoms with Crippen LogP contribution in [0.5, 0.6) is 5.75 Å². The number of rotatable bonds is 4. The molecule has 0 bridgehead atoms. The predicted molar refractivity (Wildman–Crippen MR) is 114 cm³/mol. The van der Waals surface area contributed by atoms with Crippen molar-refractivity contribution in [3.8, 4) is 17.0 Å². The average Bonchev–Trinajstić information content (AvgIpc) is 3.22. The number of nitrogens with one attached hydrogen (secondary N) is 2. The summed E-state index contributed by atoms with van der Waals surface area (Å²) in [6.45, 7) is 4.09. The molecule has 29 heavy (non-hydrogen) atoms. The minimum Gasteiger partial charge on any atom is -0.507 e. The van der Waals surface area contributed by atoms with E-state index in [0.717, 1.165) is 21.9 Å². The van der Waals surface area contributed by atoms with Crippen LogP contribution in [0.4, 0.5) is 0 Å². The maximum Gasteiger partial charge on any atom is 0.289 e. The second kappa shape index (κ2) is 7.59. The summed E-state index contributed by atoms with van der Waals surface area (Å²) in [5.41, 5.74) is 7.31. The number of phenolic OH excluding ortho intramolecular Hbond substituents is 1. The number of fused-ring (bicyclic) bond motifs is 1. The highest BCUT2D eigenvalue weighted by atomic mass is 16.3. The van der Waals surface area contributed by atoms with Gasteiger partial charge < -0.3 is 5.11 Å². The zero-order chi connectivity index (χ0) is 20.4. The number of aromatic nitrogens is 2. The fourth-order valence-electron chi connectivity index (χ4n) is 3.12. The molecule has 4 aromatic rings. The van der Waals surface area contributed by atoms with E-state index >= 15 is 0 Å². The molecule has 4 rings (SSSR count). The summed E-state index contributed by atoms with van der Waals surface area (Å²) in [6, 6.07) is 18.8. The smallest absolute Gasteiger partial charge is 0.289 e. The van der Waals surface area contributed by atoms with E-state index in [2.05, 4.69) is 20.7 Å². The molecule has 0 aliphatic heterocycles. The molecular formula is C23H20N4O2. The monoisotopic (exact) mass is 384 g/mol. The van der Waals surface area contributed by atoms with Crippen LogP contribution < -0.4 is 5.43 Å². The Bertz CT molecular complexity index is 1240. The lowest BCUT2D eigenvalue weighted by Gasteiger charge is -2.04. The number of carbonyl (C=O) groups excluding carboxylic acids is 1. The number of H-pyrrole nitrogens is 1. The lowest BCUT2D eigenvalue weighted by Crippen LogP contribution is -2.18. The van der Waals surface area contributed by atoms with Crippen molar-refractivity contribution in [3.63, 3.8) is 0 Å². The van der Waals surface area contributed by atoms with Gasteiger partial charge >= 0.3 is 0 Å². The summed E-state index contributed by atoms with van der Waals surface area (Å²) in [6.07, 6.45) is 1.44. The van der Waals surface area contributed by atoms with Gasteiger partial charge in [0.15, 0.2) is 0 Å². The maximum atomic E-state index is 12.4. The molecule has 0 fully saturated rings. The van der Waals surface area contributed by atoms with E-state index in [9.17, 15) is 9.90 Å². The normalized spacial score (nSPS) is 11.2. The van der Waals surface area contributed by atoms with Crippen LogP contribution in [0.25, 0.3) is 22.0 Å². The number of hydrogen-bond acceptors (Lipinski definition) is 4. The van der Waals surface area contributed by atoms with E-state index in [1.54, 1.807) is 12.1 Å². The minimum atomic E-state index is -0.413. The van der Waals surface area contributed by atoms with E-state index in [-0.39, 0.29) is 5.75 Å². The van der Waals surface area contributed by atoms with Crippen molar-refractivity contribution in [2.75, 3.05) is 0 Å². The summed E-state index contributed by atoms with van der Waals surface area (Å²) in [5, 5.41) is 22.9. The molecule has 0 atom stereocenters. The summed E-state index contributed by atoms with van der Waals surface area (Å²) in [4.78, 5) is 12.4. The highest BCUT2D eigenvalue weighted by Crippen LogP contribution is 2.25. The van der Waals surface area contributed by atoms with Gasteiger partial charge in [0.25, 0.3) is 5.91 Å². The Morgan fingerprint density at radius 1 is 1.07 bits per heavy atom. The summed E-state index contributed by atoms with van der Waals surface area (Å²) >= 11 is 0. The van der Waals surface area contributed by atoms with Crippen LogP contribution in [0.15, 0.2) is 65.8 Å². The van der Waals surface area contributed by atoms with Crippen molar-refractivity contribution in [2.45, 2.75) is 13.8 Å². The van der Waals surface area contributed by atoms with Gasteiger partial charge in [-0.2, -0.15) is 10.2 Å². The van der Waals surface area contributed by atoms with E-state index in [4.69, 9.17) is 0 Å². The topological polar surface area (TPSA) is 90.4 Å². The average molecular weight is 384 g/mol. The minimum absolute atomic E-state index is 0.0975. The Labute approximate surface area is 167 Å². The van der Waals surface area contributed by atoms with Crippen molar-refractivity contribution >= 4 is 22.9 Å². The third-order valence-electron chi connectivity index (χ3n) is 4.93. The number of phenols is 1. The first-order chi connectivity index (χ1) is 14.0. The number of aromatic amines is 1. The molecule has 1 aromatic heterocycles. The standard InChI is InChI=1S/C23H20N4O2/c1-14-7-8-17(11-15(14)2)20-12-21(26-25-20)23(29)27-24-13-19-18-6-4-3-5-16(18)9-10-22(19)28/h3-13,28H,1-2H3,(H,25,26)(H,27,29). The van der Waals surface area contributed by atoms with Crippen LogP contribution in [0.3, 0.4) is 0 Å². The Morgan fingerprint density at radius 3 is 2.72 bits per heavy atom. The Hall–Kier alpha value is -3.93. The zero-order valence-corrected chi connectivity index (χ0v) is 16.1. The molecule has 0 saturated carbocycles.